The van der Waals surface area contributed by atoms with E-state index in [-0.39, 0.29) is 31.9 Å². The number of esters is 1. The lowest BCUT2D eigenvalue weighted by molar-refractivity contribution is -0.702. The lowest BCUT2D eigenvalue weighted by Crippen LogP contribution is -3.00. The lowest BCUT2D eigenvalue weighted by Gasteiger charge is -2.32. The van der Waals surface area contributed by atoms with Gasteiger partial charge in [0.05, 0.1) is 13.2 Å². The van der Waals surface area contributed by atoms with E-state index < -0.39 is 29.8 Å². The first-order valence-electron chi connectivity index (χ1n) is 9.19. The van der Waals surface area contributed by atoms with E-state index in [1.165, 1.54) is 0 Å². The molecular weight excluding hydrogens is 390 g/mol. The zero-order valence-electron chi connectivity index (χ0n) is 15.7. The van der Waals surface area contributed by atoms with E-state index in [1.54, 1.807) is 30.3 Å². The van der Waals surface area contributed by atoms with Crippen molar-refractivity contribution >= 4 is 5.97 Å². The number of imidazole rings is 1. The van der Waals surface area contributed by atoms with Gasteiger partial charge in [-0.15, -0.1) is 0 Å². The number of carbonyl (C=O) groups is 1. The Morgan fingerprint density at radius 1 is 1.39 bits per heavy atom. The Hall–Kier alpha value is -1.99. The Balaban J connectivity index is 0.00000280. The van der Waals surface area contributed by atoms with Gasteiger partial charge in [0.1, 0.15) is 12.4 Å². The molecule has 0 unspecified atom stereocenters. The molecule has 0 aliphatic heterocycles. The van der Waals surface area contributed by atoms with E-state index in [4.69, 9.17) is 4.74 Å². The number of rotatable bonds is 7. The Bertz CT molecular complexity index is 785. The molecule has 1 fully saturated rings. The van der Waals surface area contributed by atoms with Crippen LogP contribution in [0.25, 0.3) is 0 Å². The van der Waals surface area contributed by atoms with Gasteiger partial charge in [-0.2, -0.15) is 0 Å². The predicted octanol–water partition coefficient (Wildman–Crippen LogP) is -0.129. The van der Waals surface area contributed by atoms with Crippen molar-refractivity contribution in [3.8, 4) is 0 Å². The molecule has 28 heavy (non-hydrogen) atoms. The fraction of sp³-hybridized carbons (Fsp3) is 0.500. The molecule has 1 aliphatic rings. The maximum absolute atomic E-state index is 13.7. The van der Waals surface area contributed by atoms with E-state index >= 15 is 0 Å². The molecule has 3 rings (SSSR count). The summed E-state index contributed by atoms with van der Waals surface area (Å²) in [5.41, 5.74) is -1.76. The highest BCUT2D eigenvalue weighted by atomic mass is 35.5. The van der Waals surface area contributed by atoms with E-state index in [0.29, 0.717) is 18.5 Å². The summed E-state index contributed by atoms with van der Waals surface area (Å²) >= 11 is 0. The summed E-state index contributed by atoms with van der Waals surface area (Å²) in [7, 11) is 0. The van der Waals surface area contributed by atoms with Crippen molar-refractivity contribution in [2.45, 2.75) is 50.7 Å². The number of aromatic amines is 1. The number of hydrogen-bond donors (Lipinski definition) is 2. The minimum atomic E-state index is -2.86. The van der Waals surface area contributed by atoms with Crippen LogP contribution in [0.1, 0.15) is 37.1 Å². The van der Waals surface area contributed by atoms with Gasteiger partial charge in [0.15, 0.2) is 5.60 Å². The molecule has 0 saturated heterocycles. The molecule has 0 amide bonds. The monoisotopic (exact) mass is 414 g/mol. The van der Waals surface area contributed by atoms with Crippen LogP contribution in [0.2, 0.25) is 0 Å². The van der Waals surface area contributed by atoms with Gasteiger partial charge in [-0.3, -0.25) is 0 Å². The Kier molecular flexibility index (Phi) is 7.17. The first-order valence-corrected chi connectivity index (χ1v) is 9.19. The molecule has 2 atom stereocenters. The second kappa shape index (κ2) is 9.01. The van der Waals surface area contributed by atoms with Gasteiger partial charge in [-0.05, 0) is 12.0 Å². The molecular formula is C20H25ClF2N2O3. The number of H-pyrrole nitrogens is 1. The van der Waals surface area contributed by atoms with Gasteiger partial charge in [0.2, 0.25) is 5.92 Å². The summed E-state index contributed by atoms with van der Waals surface area (Å²) < 4.78 is 34.8. The zero-order chi connectivity index (χ0) is 19.5. The fourth-order valence-electron chi connectivity index (χ4n) is 3.71. The standard InChI is InChI=1S/C20H24F2N2O3.ClH/c1-15-23-10-12-24(15)11-5-13-27-18(25)20(26,16-6-3-2-4-7-16)17-8-9-19(21,22)14-17;/h2-4,6-7,10,12,17,26H,5,8-9,11,13-14H2,1H3;1H/t17-,20+;/m1./s1. The van der Waals surface area contributed by atoms with E-state index in [0.717, 1.165) is 5.82 Å². The van der Waals surface area contributed by atoms with E-state index in [2.05, 4.69) is 4.98 Å². The number of aliphatic hydroxyl groups is 1. The molecule has 2 N–H and O–H groups in total. The molecule has 1 heterocycles. The summed E-state index contributed by atoms with van der Waals surface area (Å²) in [4.78, 5) is 15.8. The zero-order valence-corrected chi connectivity index (χ0v) is 16.5. The SMILES string of the molecule is Cc1[nH]cc[n+]1CCCOC(=O)[C@](O)(c1ccccc1)[C@@H]1CCC(F)(F)C1.[Cl-]. The summed E-state index contributed by atoms with van der Waals surface area (Å²) in [6.45, 7) is 2.68. The molecule has 2 aromatic rings. The number of benzene rings is 1. The maximum Gasteiger partial charge on any atom is 0.343 e. The molecule has 1 aromatic heterocycles. The van der Waals surface area contributed by atoms with Crippen LogP contribution in [0.4, 0.5) is 8.78 Å². The average Bonchev–Trinajstić information content (AvgIpc) is 3.23. The minimum absolute atomic E-state index is 0. The Morgan fingerprint density at radius 2 is 2.11 bits per heavy atom. The highest BCUT2D eigenvalue weighted by Crippen LogP contribution is 2.47. The number of halogens is 3. The average molecular weight is 415 g/mol. The quantitative estimate of drug-likeness (QED) is 0.377. The van der Waals surface area contributed by atoms with Gasteiger partial charge in [0, 0.05) is 32.1 Å². The van der Waals surface area contributed by atoms with Gasteiger partial charge in [-0.25, -0.2) is 23.1 Å². The number of hydrogen-bond acceptors (Lipinski definition) is 3. The van der Waals surface area contributed by atoms with Crippen molar-refractivity contribution < 1.29 is 40.4 Å². The number of ether oxygens (including phenoxy) is 1. The number of nitrogens with one attached hydrogen (secondary N) is 1. The van der Waals surface area contributed by atoms with Crippen molar-refractivity contribution in [1.82, 2.24) is 4.98 Å². The smallest absolute Gasteiger partial charge is 0.343 e. The normalized spacial score (nSPS) is 20.2. The summed E-state index contributed by atoms with van der Waals surface area (Å²) in [6.07, 6.45) is 3.48. The Labute approximate surface area is 169 Å². The third-order valence-corrected chi connectivity index (χ3v) is 5.27. The first kappa shape index (κ1) is 22.3. The van der Waals surface area contributed by atoms with Crippen LogP contribution < -0.4 is 17.0 Å². The van der Waals surface area contributed by atoms with Gasteiger partial charge < -0.3 is 22.3 Å². The van der Waals surface area contributed by atoms with E-state index in [1.807, 2.05) is 23.9 Å². The molecule has 1 aliphatic carbocycles. The van der Waals surface area contributed by atoms with Crippen LogP contribution in [0.3, 0.4) is 0 Å². The largest absolute Gasteiger partial charge is 1.00 e. The van der Waals surface area contributed by atoms with Gasteiger partial charge in [-0.1, -0.05) is 30.3 Å². The second-order valence-corrected chi connectivity index (χ2v) is 7.16. The van der Waals surface area contributed by atoms with Crippen molar-refractivity contribution in [3.63, 3.8) is 0 Å². The van der Waals surface area contributed by atoms with Crippen LogP contribution in [0.15, 0.2) is 42.7 Å². The van der Waals surface area contributed by atoms with Crippen molar-refractivity contribution in [3.05, 3.63) is 54.1 Å². The minimum Gasteiger partial charge on any atom is -1.00 e. The summed E-state index contributed by atoms with van der Waals surface area (Å²) in [5.74, 6) is -3.61. The van der Waals surface area contributed by atoms with Crippen LogP contribution in [-0.4, -0.2) is 28.6 Å². The van der Waals surface area contributed by atoms with E-state index in [9.17, 15) is 18.7 Å². The fourth-order valence-corrected chi connectivity index (χ4v) is 3.71. The molecule has 0 bridgehead atoms. The second-order valence-electron chi connectivity index (χ2n) is 7.16. The summed E-state index contributed by atoms with van der Waals surface area (Å²) in [6, 6.07) is 8.25. The van der Waals surface area contributed by atoms with Crippen molar-refractivity contribution in [1.29, 1.82) is 0 Å². The molecule has 5 nitrogen and oxygen atoms in total. The molecule has 0 spiro atoms. The Morgan fingerprint density at radius 3 is 2.68 bits per heavy atom. The van der Waals surface area contributed by atoms with Crippen LogP contribution >= 0.6 is 0 Å². The van der Waals surface area contributed by atoms with Crippen LogP contribution in [0.5, 0.6) is 0 Å². The third-order valence-electron chi connectivity index (χ3n) is 5.27. The number of aryl methyl sites for hydroxylation is 2. The molecule has 154 valence electrons. The number of nitrogens with zero attached hydrogens (tertiary/aromatic N) is 1. The lowest BCUT2D eigenvalue weighted by atomic mass is 9.80. The van der Waals surface area contributed by atoms with Gasteiger partial charge >= 0.3 is 5.97 Å². The topological polar surface area (TPSA) is 66.2 Å². The first-order chi connectivity index (χ1) is 12.8. The highest BCUT2D eigenvalue weighted by Gasteiger charge is 2.54. The van der Waals surface area contributed by atoms with Gasteiger partial charge in [0.25, 0.3) is 5.82 Å². The van der Waals surface area contributed by atoms with Crippen molar-refractivity contribution in [2.24, 2.45) is 5.92 Å². The number of alkyl halides is 2. The van der Waals surface area contributed by atoms with Crippen LogP contribution in [0, 0.1) is 12.8 Å². The molecule has 1 aromatic carbocycles. The molecule has 8 heteroatoms. The highest BCUT2D eigenvalue weighted by molar-refractivity contribution is 5.81. The molecule has 1 saturated carbocycles. The summed E-state index contributed by atoms with van der Waals surface area (Å²) in [5, 5.41) is 11.2. The number of aromatic nitrogens is 2. The maximum atomic E-state index is 13.7. The number of carbonyl (C=O) groups excluding carboxylic acids is 1. The molecule has 0 radical (unpaired) electrons. The van der Waals surface area contributed by atoms with Crippen molar-refractivity contribution in [2.75, 3.05) is 6.61 Å². The predicted molar refractivity (Wildman–Crippen MR) is 93.9 cm³/mol. The third kappa shape index (κ3) is 4.70. The van der Waals surface area contributed by atoms with Crippen LogP contribution in [-0.2, 0) is 21.7 Å².